The number of rotatable bonds is 5. The van der Waals surface area contributed by atoms with E-state index in [0.717, 1.165) is 17.1 Å². The molecule has 1 heterocycles. The molecule has 0 radical (unpaired) electrons. The average Bonchev–Trinajstić information content (AvgIpc) is 2.45. The molecule has 3 heteroatoms. The Morgan fingerprint density at radius 3 is 2.68 bits per heavy atom. The van der Waals surface area contributed by atoms with Crippen LogP contribution in [0.2, 0.25) is 5.02 Å². The van der Waals surface area contributed by atoms with E-state index in [4.69, 9.17) is 11.6 Å². The topological polar surface area (TPSA) is 24.9 Å². The Morgan fingerprint density at radius 1 is 1.21 bits per heavy atom. The van der Waals surface area contributed by atoms with Crippen LogP contribution in [0.5, 0.6) is 0 Å². The van der Waals surface area contributed by atoms with Crippen molar-refractivity contribution in [3.63, 3.8) is 0 Å². The van der Waals surface area contributed by atoms with Gasteiger partial charge in [-0.3, -0.25) is 4.98 Å². The fraction of sp³-hybridized carbons (Fsp3) is 0.312. The SMILES string of the molecule is CCC(N[C@@H](C)c1ccccn1)c1cccc(Cl)c1. The van der Waals surface area contributed by atoms with E-state index in [1.54, 1.807) is 0 Å². The van der Waals surface area contributed by atoms with E-state index >= 15 is 0 Å². The van der Waals surface area contributed by atoms with Crippen LogP contribution < -0.4 is 5.32 Å². The van der Waals surface area contributed by atoms with Crippen molar-refractivity contribution in [2.24, 2.45) is 0 Å². The minimum absolute atomic E-state index is 0.213. The Kier molecular flexibility index (Phi) is 4.94. The number of aromatic nitrogens is 1. The van der Waals surface area contributed by atoms with Crippen LogP contribution in [0.15, 0.2) is 48.7 Å². The number of hydrogen-bond acceptors (Lipinski definition) is 2. The summed E-state index contributed by atoms with van der Waals surface area (Å²) in [5, 5.41) is 4.39. The van der Waals surface area contributed by atoms with Crippen LogP contribution in [0.1, 0.15) is 43.6 Å². The summed E-state index contributed by atoms with van der Waals surface area (Å²) < 4.78 is 0. The second-order valence-electron chi connectivity index (χ2n) is 4.66. The molecule has 1 aromatic heterocycles. The summed E-state index contributed by atoms with van der Waals surface area (Å²) in [6, 6.07) is 14.5. The quantitative estimate of drug-likeness (QED) is 0.866. The van der Waals surface area contributed by atoms with Gasteiger partial charge in [0.2, 0.25) is 0 Å². The molecule has 100 valence electrons. The van der Waals surface area contributed by atoms with E-state index in [1.165, 1.54) is 5.56 Å². The van der Waals surface area contributed by atoms with E-state index in [2.05, 4.69) is 30.2 Å². The van der Waals surface area contributed by atoms with E-state index in [9.17, 15) is 0 Å². The van der Waals surface area contributed by atoms with E-state index in [0.29, 0.717) is 0 Å². The molecule has 2 atom stereocenters. The summed E-state index contributed by atoms with van der Waals surface area (Å²) in [5.74, 6) is 0. The predicted molar refractivity (Wildman–Crippen MR) is 80.3 cm³/mol. The van der Waals surface area contributed by atoms with Gasteiger partial charge < -0.3 is 5.32 Å². The van der Waals surface area contributed by atoms with Crippen molar-refractivity contribution < 1.29 is 0 Å². The number of pyridine rings is 1. The Hall–Kier alpha value is -1.38. The summed E-state index contributed by atoms with van der Waals surface area (Å²) in [6.07, 6.45) is 2.84. The Labute approximate surface area is 119 Å². The van der Waals surface area contributed by atoms with Crippen molar-refractivity contribution in [3.8, 4) is 0 Å². The maximum atomic E-state index is 6.06. The lowest BCUT2D eigenvalue weighted by atomic mass is 10.0. The third kappa shape index (κ3) is 3.79. The molecule has 2 rings (SSSR count). The minimum atomic E-state index is 0.213. The molecular weight excluding hydrogens is 256 g/mol. The molecule has 2 aromatic rings. The highest BCUT2D eigenvalue weighted by molar-refractivity contribution is 6.30. The van der Waals surface area contributed by atoms with Crippen LogP contribution in [0.4, 0.5) is 0 Å². The van der Waals surface area contributed by atoms with Gasteiger partial charge in [-0.05, 0) is 43.2 Å². The van der Waals surface area contributed by atoms with Crippen molar-refractivity contribution in [2.75, 3.05) is 0 Å². The lowest BCUT2D eigenvalue weighted by Crippen LogP contribution is -2.24. The monoisotopic (exact) mass is 274 g/mol. The summed E-state index contributed by atoms with van der Waals surface area (Å²) in [5.41, 5.74) is 2.28. The number of halogens is 1. The first-order valence-electron chi connectivity index (χ1n) is 6.63. The fourth-order valence-corrected chi connectivity index (χ4v) is 2.39. The van der Waals surface area contributed by atoms with Gasteiger partial charge in [0.25, 0.3) is 0 Å². The van der Waals surface area contributed by atoms with E-state index in [-0.39, 0.29) is 12.1 Å². The van der Waals surface area contributed by atoms with Gasteiger partial charge in [-0.25, -0.2) is 0 Å². The van der Waals surface area contributed by atoms with Crippen molar-refractivity contribution in [1.29, 1.82) is 0 Å². The van der Waals surface area contributed by atoms with Gasteiger partial charge in [-0.2, -0.15) is 0 Å². The van der Waals surface area contributed by atoms with Gasteiger partial charge in [0.15, 0.2) is 0 Å². The smallest absolute Gasteiger partial charge is 0.0570 e. The Morgan fingerprint density at radius 2 is 2.05 bits per heavy atom. The maximum Gasteiger partial charge on any atom is 0.0570 e. The van der Waals surface area contributed by atoms with E-state index < -0.39 is 0 Å². The first-order valence-corrected chi connectivity index (χ1v) is 7.01. The maximum absolute atomic E-state index is 6.06. The van der Waals surface area contributed by atoms with Crippen molar-refractivity contribution in [1.82, 2.24) is 10.3 Å². The lowest BCUT2D eigenvalue weighted by Gasteiger charge is -2.22. The lowest BCUT2D eigenvalue weighted by molar-refractivity contribution is 0.450. The minimum Gasteiger partial charge on any atom is -0.302 e. The highest BCUT2D eigenvalue weighted by atomic mass is 35.5. The molecule has 2 nitrogen and oxygen atoms in total. The summed E-state index contributed by atoms with van der Waals surface area (Å²) >= 11 is 6.06. The van der Waals surface area contributed by atoms with Crippen LogP contribution in [-0.4, -0.2) is 4.98 Å². The Balaban J connectivity index is 2.11. The standard InChI is InChI=1S/C16H19ClN2/c1-3-15(13-7-6-8-14(17)11-13)19-12(2)16-9-4-5-10-18-16/h4-12,15,19H,3H2,1-2H3/t12-,15?/m0/s1. The molecule has 0 spiro atoms. The third-order valence-corrected chi connectivity index (χ3v) is 3.48. The zero-order chi connectivity index (χ0) is 13.7. The number of nitrogens with one attached hydrogen (secondary N) is 1. The van der Waals surface area contributed by atoms with Gasteiger partial charge in [0, 0.05) is 23.3 Å². The molecule has 1 aromatic carbocycles. The second kappa shape index (κ2) is 6.69. The highest BCUT2D eigenvalue weighted by Crippen LogP contribution is 2.23. The molecule has 1 N–H and O–H groups in total. The van der Waals surface area contributed by atoms with Crippen molar-refractivity contribution >= 4 is 11.6 Å². The summed E-state index contributed by atoms with van der Waals surface area (Å²) in [7, 11) is 0. The molecule has 0 saturated heterocycles. The largest absolute Gasteiger partial charge is 0.302 e. The highest BCUT2D eigenvalue weighted by Gasteiger charge is 2.14. The van der Waals surface area contributed by atoms with Gasteiger partial charge in [0.1, 0.15) is 0 Å². The predicted octanol–water partition coefficient (Wildman–Crippen LogP) is 4.54. The molecule has 0 aliphatic carbocycles. The third-order valence-electron chi connectivity index (χ3n) is 3.24. The first-order chi connectivity index (χ1) is 9.20. The molecule has 0 aliphatic heterocycles. The van der Waals surface area contributed by atoms with Gasteiger partial charge in [-0.15, -0.1) is 0 Å². The molecule has 0 amide bonds. The molecule has 1 unspecified atom stereocenters. The molecular formula is C16H19ClN2. The fourth-order valence-electron chi connectivity index (χ4n) is 2.19. The van der Waals surface area contributed by atoms with Crippen LogP contribution in [0, 0.1) is 0 Å². The number of hydrogen-bond donors (Lipinski definition) is 1. The zero-order valence-corrected chi connectivity index (χ0v) is 12.1. The van der Waals surface area contributed by atoms with Crippen LogP contribution >= 0.6 is 11.6 Å². The molecule has 0 saturated carbocycles. The molecule has 0 bridgehead atoms. The normalized spacial score (nSPS) is 14.1. The van der Waals surface area contributed by atoms with Crippen molar-refractivity contribution in [3.05, 3.63) is 64.9 Å². The van der Waals surface area contributed by atoms with E-state index in [1.807, 2.05) is 42.6 Å². The molecule has 19 heavy (non-hydrogen) atoms. The van der Waals surface area contributed by atoms with Crippen molar-refractivity contribution in [2.45, 2.75) is 32.4 Å². The first kappa shape index (κ1) is 14.0. The molecule has 0 aliphatic rings. The number of nitrogens with zero attached hydrogens (tertiary/aromatic N) is 1. The van der Waals surface area contributed by atoms with Crippen LogP contribution in [0.3, 0.4) is 0 Å². The summed E-state index contributed by atoms with van der Waals surface area (Å²) in [4.78, 5) is 4.39. The zero-order valence-electron chi connectivity index (χ0n) is 11.3. The summed E-state index contributed by atoms with van der Waals surface area (Å²) in [6.45, 7) is 4.30. The van der Waals surface area contributed by atoms with Gasteiger partial charge in [-0.1, -0.05) is 36.7 Å². The Bertz CT molecular complexity index is 513. The van der Waals surface area contributed by atoms with Gasteiger partial charge >= 0.3 is 0 Å². The van der Waals surface area contributed by atoms with Crippen LogP contribution in [-0.2, 0) is 0 Å². The molecule has 0 fully saturated rings. The number of benzene rings is 1. The second-order valence-corrected chi connectivity index (χ2v) is 5.10. The van der Waals surface area contributed by atoms with Gasteiger partial charge in [0.05, 0.1) is 5.69 Å². The van der Waals surface area contributed by atoms with Crippen LogP contribution in [0.25, 0.3) is 0 Å². The average molecular weight is 275 g/mol.